The molecule has 20 heavy (non-hydrogen) atoms. The predicted molar refractivity (Wildman–Crippen MR) is 82.4 cm³/mol. The van der Waals surface area contributed by atoms with E-state index in [4.69, 9.17) is 0 Å². The normalized spacial score (nSPS) is 28.4. The molecule has 0 bridgehead atoms. The van der Waals surface area contributed by atoms with Gasteiger partial charge in [0.05, 0.1) is 11.6 Å². The van der Waals surface area contributed by atoms with Gasteiger partial charge in [0, 0.05) is 11.6 Å². The number of aliphatic hydroxyl groups is 1. The zero-order chi connectivity index (χ0) is 14.1. The third-order valence-electron chi connectivity index (χ3n) is 5.08. The second-order valence-electron chi connectivity index (χ2n) is 6.39. The van der Waals surface area contributed by atoms with E-state index >= 15 is 0 Å². The minimum Gasteiger partial charge on any atom is -0.388 e. The first-order valence-corrected chi connectivity index (χ1v) is 7.68. The van der Waals surface area contributed by atoms with Crippen molar-refractivity contribution < 1.29 is 5.11 Å². The van der Waals surface area contributed by atoms with Gasteiger partial charge in [-0.15, -0.1) is 0 Å². The summed E-state index contributed by atoms with van der Waals surface area (Å²) in [4.78, 5) is 4.39. The van der Waals surface area contributed by atoms with Gasteiger partial charge in [0.1, 0.15) is 0 Å². The van der Waals surface area contributed by atoms with Crippen LogP contribution in [0.1, 0.15) is 44.8 Å². The van der Waals surface area contributed by atoms with E-state index < -0.39 is 0 Å². The van der Waals surface area contributed by atoms with Crippen LogP contribution in [0.25, 0.3) is 10.9 Å². The molecule has 4 unspecified atom stereocenters. The molecule has 1 aromatic carbocycles. The van der Waals surface area contributed by atoms with E-state index in [1.807, 2.05) is 24.4 Å². The van der Waals surface area contributed by atoms with Crippen molar-refractivity contribution in [2.75, 3.05) is 0 Å². The SMILES string of the molecule is CC1CCC(C(O)c2cccc3ncccc23)CC1C. The minimum absolute atomic E-state index is 0.363. The van der Waals surface area contributed by atoms with Crippen molar-refractivity contribution in [2.24, 2.45) is 17.8 Å². The number of nitrogens with zero attached hydrogens (tertiary/aromatic N) is 1. The first-order valence-electron chi connectivity index (χ1n) is 7.68. The van der Waals surface area contributed by atoms with Crippen LogP contribution in [0.3, 0.4) is 0 Å². The molecule has 0 saturated heterocycles. The largest absolute Gasteiger partial charge is 0.388 e. The fourth-order valence-electron chi connectivity index (χ4n) is 3.51. The standard InChI is InChI=1S/C18H23NO/c1-12-8-9-14(11-13(12)2)18(20)16-5-3-7-17-15(16)6-4-10-19-17/h3-7,10,12-14,18,20H,8-9,11H2,1-2H3. The first-order chi connectivity index (χ1) is 9.66. The Morgan fingerprint density at radius 1 is 1.10 bits per heavy atom. The summed E-state index contributed by atoms with van der Waals surface area (Å²) in [6.45, 7) is 4.64. The van der Waals surface area contributed by atoms with Crippen LogP contribution >= 0.6 is 0 Å². The van der Waals surface area contributed by atoms with E-state index in [1.165, 1.54) is 6.42 Å². The average Bonchev–Trinajstić information content (AvgIpc) is 2.49. The smallest absolute Gasteiger partial charge is 0.0824 e. The Hall–Kier alpha value is -1.41. The Morgan fingerprint density at radius 2 is 1.95 bits per heavy atom. The fourth-order valence-corrected chi connectivity index (χ4v) is 3.51. The van der Waals surface area contributed by atoms with Crippen molar-refractivity contribution >= 4 is 10.9 Å². The molecule has 106 valence electrons. The third kappa shape index (κ3) is 2.45. The molecule has 1 heterocycles. The molecule has 1 aromatic heterocycles. The van der Waals surface area contributed by atoms with Gasteiger partial charge in [-0.2, -0.15) is 0 Å². The van der Waals surface area contributed by atoms with Crippen LogP contribution in [0, 0.1) is 17.8 Å². The molecule has 2 aromatic rings. The molecule has 4 atom stereocenters. The molecule has 1 N–H and O–H groups in total. The van der Waals surface area contributed by atoms with Crippen molar-refractivity contribution in [1.29, 1.82) is 0 Å². The maximum Gasteiger partial charge on any atom is 0.0824 e. The van der Waals surface area contributed by atoms with Crippen molar-refractivity contribution in [3.05, 3.63) is 42.1 Å². The summed E-state index contributed by atoms with van der Waals surface area (Å²) in [5.41, 5.74) is 2.02. The monoisotopic (exact) mass is 269 g/mol. The Labute approximate surface area is 120 Å². The van der Waals surface area contributed by atoms with Crippen LogP contribution in [-0.4, -0.2) is 10.1 Å². The van der Waals surface area contributed by atoms with Crippen molar-refractivity contribution in [2.45, 2.75) is 39.2 Å². The van der Waals surface area contributed by atoms with Gasteiger partial charge in [-0.3, -0.25) is 4.98 Å². The number of hydrogen-bond donors (Lipinski definition) is 1. The quantitative estimate of drug-likeness (QED) is 0.879. The van der Waals surface area contributed by atoms with E-state index in [9.17, 15) is 5.11 Å². The van der Waals surface area contributed by atoms with E-state index in [-0.39, 0.29) is 6.10 Å². The predicted octanol–water partition coefficient (Wildman–Crippen LogP) is 4.34. The fraction of sp³-hybridized carbons (Fsp3) is 0.500. The van der Waals surface area contributed by atoms with Gasteiger partial charge in [-0.05, 0) is 48.3 Å². The van der Waals surface area contributed by atoms with E-state index in [0.29, 0.717) is 11.8 Å². The van der Waals surface area contributed by atoms with Gasteiger partial charge in [0.15, 0.2) is 0 Å². The number of aromatic nitrogens is 1. The van der Waals surface area contributed by atoms with Crippen molar-refractivity contribution in [3.8, 4) is 0 Å². The van der Waals surface area contributed by atoms with Gasteiger partial charge < -0.3 is 5.11 Å². The van der Waals surface area contributed by atoms with E-state index in [2.05, 4.69) is 31.0 Å². The molecule has 1 fully saturated rings. The van der Waals surface area contributed by atoms with Gasteiger partial charge in [0.2, 0.25) is 0 Å². The van der Waals surface area contributed by atoms with Gasteiger partial charge in [-0.25, -0.2) is 0 Å². The Morgan fingerprint density at radius 3 is 2.75 bits per heavy atom. The highest BCUT2D eigenvalue weighted by Crippen LogP contribution is 2.41. The molecule has 1 aliphatic rings. The Kier molecular flexibility index (Phi) is 3.75. The van der Waals surface area contributed by atoms with E-state index in [0.717, 1.165) is 35.2 Å². The summed E-state index contributed by atoms with van der Waals surface area (Å²) in [7, 11) is 0. The van der Waals surface area contributed by atoms with Crippen molar-refractivity contribution in [3.63, 3.8) is 0 Å². The molecule has 3 rings (SSSR count). The summed E-state index contributed by atoms with van der Waals surface area (Å²) in [5.74, 6) is 1.87. The van der Waals surface area contributed by atoms with Crippen molar-refractivity contribution in [1.82, 2.24) is 4.98 Å². The van der Waals surface area contributed by atoms with Gasteiger partial charge in [0.25, 0.3) is 0 Å². The highest BCUT2D eigenvalue weighted by Gasteiger charge is 2.30. The average molecular weight is 269 g/mol. The number of aliphatic hydroxyl groups excluding tert-OH is 1. The number of pyridine rings is 1. The van der Waals surface area contributed by atoms with Crippen LogP contribution in [-0.2, 0) is 0 Å². The molecule has 0 amide bonds. The lowest BCUT2D eigenvalue weighted by molar-refractivity contribution is 0.0571. The molecule has 2 nitrogen and oxygen atoms in total. The molecule has 1 aliphatic carbocycles. The molecular weight excluding hydrogens is 246 g/mol. The third-order valence-corrected chi connectivity index (χ3v) is 5.08. The van der Waals surface area contributed by atoms with Crippen LogP contribution in [0.4, 0.5) is 0 Å². The van der Waals surface area contributed by atoms with Gasteiger partial charge in [-0.1, -0.05) is 38.5 Å². The van der Waals surface area contributed by atoms with Crippen LogP contribution in [0.15, 0.2) is 36.5 Å². The highest BCUT2D eigenvalue weighted by atomic mass is 16.3. The lowest BCUT2D eigenvalue weighted by atomic mass is 9.72. The molecular formula is C18H23NO. The lowest BCUT2D eigenvalue weighted by Gasteiger charge is -2.35. The Bertz CT molecular complexity index is 589. The molecule has 0 radical (unpaired) electrons. The highest BCUT2D eigenvalue weighted by molar-refractivity contribution is 5.82. The maximum atomic E-state index is 10.8. The van der Waals surface area contributed by atoms with Crippen LogP contribution < -0.4 is 0 Å². The maximum absolute atomic E-state index is 10.8. The molecule has 0 spiro atoms. The Balaban J connectivity index is 1.91. The van der Waals surface area contributed by atoms with Crippen LogP contribution in [0.5, 0.6) is 0 Å². The molecule has 1 saturated carbocycles. The zero-order valence-corrected chi connectivity index (χ0v) is 12.3. The molecule has 2 heteroatoms. The molecule has 0 aliphatic heterocycles. The number of hydrogen-bond acceptors (Lipinski definition) is 2. The summed E-state index contributed by atoms with van der Waals surface area (Å²) >= 11 is 0. The lowest BCUT2D eigenvalue weighted by Crippen LogP contribution is -2.25. The minimum atomic E-state index is -0.363. The van der Waals surface area contributed by atoms with E-state index in [1.54, 1.807) is 0 Å². The second kappa shape index (κ2) is 5.53. The number of benzene rings is 1. The summed E-state index contributed by atoms with van der Waals surface area (Å²) in [6.07, 6.45) is 4.93. The van der Waals surface area contributed by atoms with Gasteiger partial charge >= 0.3 is 0 Å². The second-order valence-corrected chi connectivity index (χ2v) is 6.39. The topological polar surface area (TPSA) is 33.1 Å². The first kappa shape index (κ1) is 13.6. The number of rotatable bonds is 2. The summed E-state index contributed by atoms with van der Waals surface area (Å²) in [5, 5.41) is 11.9. The summed E-state index contributed by atoms with van der Waals surface area (Å²) in [6, 6.07) is 10.1. The zero-order valence-electron chi connectivity index (χ0n) is 12.3. The number of fused-ring (bicyclic) bond motifs is 1. The van der Waals surface area contributed by atoms with Crippen LogP contribution in [0.2, 0.25) is 0 Å². The summed E-state index contributed by atoms with van der Waals surface area (Å²) < 4.78 is 0.